The smallest absolute Gasteiger partial charge is 0.253 e. The van der Waals surface area contributed by atoms with Crippen molar-refractivity contribution in [2.24, 2.45) is 5.92 Å². The summed E-state index contributed by atoms with van der Waals surface area (Å²) in [6, 6.07) is 7.99. The standard InChI is InChI=1S/C20H30N2O2/c1-4-6-19(23)21-11-5-12-22(14-13-21)20(24)18-9-7-17(8-10-18)15-16(2)3/h7-10,16H,4-6,11-15H2,1-3H3. The zero-order valence-corrected chi connectivity index (χ0v) is 15.3. The number of amides is 2. The van der Waals surface area contributed by atoms with Crippen LogP contribution in [0.5, 0.6) is 0 Å². The Morgan fingerprint density at radius 2 is 1.62 bits per heavy atom. The van der Waals surface area contributed by atoms with Crippen molar-refractivity contribution in [2.75, 3.05) is 26.2 Å². The third-order valence-electron chi connectivity index (χ3n) is 4.44. The molecule has 1 aliphatic heterocycles. The fraction of sp³-hybridized carbons (Fsp3) is 0.600. The molecule has 0 unspecified atom stereocenters. The molecule has 0 bridgehead atoms. The lowest BCUT2D eigenvalue weighted by Crippen LogP contribution is -2.37. The highest BCUT2D eigenvalue weighted by atomic mass is 16.2. The van der Waals surface area contributed by atoms with Crippen LogP contribution >= 0.6 is 0 Å². The van der Waals surface area contributed by atoms with Gasteiger partial charge in [0.25, 0.3) is 5.91 Å². The van der Waals surface area contributed by atoms with E-state index in [0.29, 0.717) is 25.4 Å². The van der Waals surface area contributed by atoms with Gasteiger partial charge in [-0.05, 0) is 42.9 Å². The molecule has 1 aromatic rings. The van der Waals surface area contributed by atoms with Crippen LogP contribution in [0.4, 0.5) is 0 Å². The molecule has 4 nitrogen and oxygen atoms in total. The number of hydrogen-bond donors (Lipinski definition) is 0. The molecule has 132 valence electrons. The second-order valence-electron chi connectivity index (χ2n) is 7.07. The summed E-state index contributed by atoms with van der Waals surface area (Å²) < 4.78 is 0. The zero-order valence-electron chi connectivity index (χ0n) is 15.3. The van der Waals surface area contributed by atoms with Gasteiger partial charge in [-0.1, -0.05) is 32.9 Å². The molecule has 0 aliphatic carbocycles. The minimum absolute atomic E-state index is 0.0795. The largest absolute Gasteiger partial charge is 0.341 e. The Balaban J connectivity index is 1.96. The van der Waals surface area contributed by atoms with Crippen LogP contribution in [-0.4, -0.2) is 47.8 Å². The topological polar surface area (TPSA) is 40.6 Å². The molecule has 24 heavy (non-hydrogen) atoms. The summed E-state index contributed by atoms with van der Waals surface area (Å²) in [6.07, 6.45) is 3.37. The van der Waals surface area contributed by atoms with Gasteiger partial charge in [-0.25, -0.2) is 0 Å². The molecule has 0 saturated carbocycles. The Hall–Kier alpha value is -1.84. The lowest BCUT2D eigenvalue weighted by Gasteiger charge is -2.22. The van der Waals surface area contributed by atoms with Gasteiger partial charge in [0.05, 0.1) is 0 Å². The molecular formula is C20H30N2O2. The van der Waals surface area contributed by atoms with Crippen molar-refractivity contribution >= 4 is 11.8 Å². The molecular weight excluding hydrogens is 300 g/mol. The number of carbonyl (C=O) groups excluding carboxylic acids is 2. The zero-order chi connectivity index (χ0) is 17.5. The molecule has 0 atom stereocenters. The number of nitrogens with zero attached hydrogens (tertiary/aromatic N) is 2. The Bertz CT molecular complexity index is 551. The maximum absolute atomic E-state index is 12.7. The van der Waals surface area contributed by atoms with Crippen LogP contribution in [0, 0.1) is 5.92 Å². The van der Waals surface area contributed by atoms with Gasteiger partial charge >= 0.3 is 0 Å². The van der Waals surface area contributed by atoms with E-state index in [1.807, 2.05) is 28.9 Å². The van der Waals surface area contributed by atoms with E-state index in [-0.39, 0.29) is 11.8 Å². The molecule has 4 heteroatoms. The van der Waals surface area contributed by atoms with Crippen molar-refractivity contribution in [3.05, 3.63) is 35.4 Å². The van der Waals surface area contributed by atoms with Gasteiger partial charge in [0.2, 0.25) is 5.91 Å². The van der Waals surface area contributed by atoms with E-state index in [0.717, 1.165) is 37.9 Å². The average Bonchev–Trinajstić information content (AvgIpc) is 2.81. The summed E-state index contributed by atoms with van der Waals surface area (Å²) in [7, 11) is 0. The first-order chi connectivity index (χ1) is 11.5. The second kappa shape index (κ2) is 8.86. The molecule has 1 fully saturated rings. The highest BCUT2D eigenvalue weighted by Gasteiger charge is 2.22. The predicted molar refractivity (Wildman–Crippen MR) is 97.0 cm³/mol. The number of carbonyl (C=O) groups is 2. The highest BCUT2D eigenvalue weighted by molar-refractivity contribution is 5.94. The van der Waals surface area contributed by atoms with Crippen molar-refractivity contribution in [2.45, 2.75) is 46.5 Å². The molecule has 2 rings (SSSR count). The van der Waals surface area contributed by atoms with Crippen LogP contribution in [0.15, 0.2) is 24.3 Å². The Morgan fingerprint density at radius 1 is 1.00 bits per heavy atom. The molecule has 0 radical (unpaired) electrons. The number of benzene rings is 1. The first kappa shape index (κ1) is 18.5. The third-order valence-corrected chi connectivity index (χ3v) is 4.44. The SMILES string of the molecule is CCCC(=O)N1CCCN(C(=O)c2ccc(CC(C)C)cc2)CC1. The van der Waals surface area contributed by atoms with Gasteiger partial charge in [0.1, 0.15) is 0 Å². The van der Waals surface area contributed by atoms with Crippen molar-refractivity contribution < 1.29 is 9.59 Å². The Labute approximate surface area is 145 Å². The highest BCUT2D eigenvalue weighted by Crippen LogP contribution is 2.13. The normalized spacial score (nSPS) is 15.5. The van der Waals surface area contributed by atoms with Crippen molar-refractivity contribution in [1.29, 1.82) is 0 Å². The van der Waals surface area contributed by atoms with Crippen LogP contribution in [-0.2, 0) is 11.2 Å². The van der Waals surface area contributed by atoms with E-state index in [4.69, 9.17) is 0 Å². The van der Waals surface area contributed by atoms with Crippen molar-refractivity contribution in [3.63, 3.8) is 0 Å². The molecule has 2 amide bonds. The van der Waals surface area contributed by atoms with E-state index in [1.165, 1.54) is 5.56 Å². The van der Waals surface area contributed by atoms with Gasteiger partial charge in [-0.15, -0.1) is 0 Å². The van der Waals surface area contributed by atoms with Gasteiger partial charge in [0, 0.05) is 38.2 Å². The van der Waals surface area contributed by atoms with E-state index in [9.17, 15) is 9.59 Å². The maximum atomic E-state index is 12.7. The molecule has 0 N–H and O–H groups in total. The van der Waals surface area contributed by atoms with Crippen LogP contribution in [0.2, 0.25) is 0 Å². The summed E-state index contributed by atoms with van der Waals surface area (Å²) in [4.78, 5) is 28.5. The van der Waals surface area contributed by atoms with Gasteiger partial charge in [-0.3, -0.25) is 9.59 Å². The quantitative estimate of drug-likeness (QED) is 0.830. The van der Waals surface area contributed by atoms with Gasteiger partial charge in [0.15, 0.2) is 0 Å². The Morgan fingerprint density at radius 3 is 2.25 bits per heavy atom. The van der Waals surface area contributed by atoms with Gasteiger partial charge in [-0.2, -0.15) is 0 Å². The average molecular weight is 330 g/mol. The fourth-order valence-corrected chi connectivity index (χ4v) is 3.18. The van der Waals surface area contributed by atoms with Crippen LogP contribution in [0.3, 0.4) is 0 Å². The van der Waals surface area contributed by atoms with Crippen LogP contribution in [0.25, 0.3) is 0 Å². The summed E-state index contributed by atoms with van der Waals surface area (Å²) in [5.41, 5.74) is 2.02. The predicted octanol–water partition coefficient (Wildman–Crippen LogP) is 3.36. The van der Waals surface area contributed by atoms with E-state index >= 15 is 0 Å². The maximum Gasteiger partial charge on any atom is 0.253 e. The van der Waals surface area contributed by atoms with Crippen molar-refractivity contribution in [3.8, 4) is 0 Å². The lowest BCUT2D eigenvalue weighted by atomic mass is 10.0. The van der Waals surface area contributed by atoms with Crippen LogP contribution < -0.4 is 0 Å². The van der Waals surface area contributed by atoms with Gasteiger partial charge < -0.3 is 9.80 Å². The molecule has 1 heterocycles. The van der Waals surface area contributed by atoms with Crippen LogP contribution in [0.1, 0.15) is 56.0 Å². The first-order valence-corrected chi connectivity index (χ1v) is 9.17. The minimum Gasteiger partial charge on any atom is -0.341 e. The Kier molecular flexibility index (Phi) is 6.83. The van der Waals surface area contributed by atoms with E-state index in [2.05, 4.69) is 26.0 Å². The molecule has 1 aromatic carbocycles. The van der Waals surface area contributed by atoms with E-state index in [1.54, 1.807) is 0 Å². The summed E-state index contributed by atoms with van der Waals surface area (Å²) >= 11 is 0. The summed E-state index contributed by atoms with van der Waals surface area (Å²) in [5, 5.41) is 0. The molecule has 0 spiro atoms. The minimum atomic E-state index is 0.0795. The first-order valence-electron chi connectivity index (χ1n) is 9.17. The number of rotatable bonds is 5. The third kappa shape index (κ3) is 5.08. The monoisotopic (exact) mass is 330 g/mol. The lowest BCUT2D eigenvalue weighted by molar-refractivity contribution is -0.131. The molecule has 1 aliphatic rings. The molecule has 0 aromatic heterocycles. The summed E-state index contributed by atoms with van der Waals surface area (Å²) in [6.45, 7) is 9.18. The number of hydrogen-bond acceptors (Lipinski definition) is 2. The second-order valence-corrected chi connectivity index (χ2v) is 7.07. The van der Waals surface area contributed by atoms with E-state index < -0.39 is 0 Å². The molecule has 1 saturated heterocycles. The van der Waals surface area contributed by atoms with Crippen molar-refractivity contribution in [1.82, 2.24) is 9.80 Å². The fourth-order valence-electron chi connectivity index (χ4n) is 3.18. The summed E-state index contributed by atoms with van der Waals surface area (Å²) in [5.74, 6) is 0.907.